The number of aromatic hydroxyl groups is 1. The highest BCUT2D eigenvalue weighted by molar-refractivity contribution is 6.00. The molecule has 152 valence electrons. The molecular weight excluding hydrogens is 384 g/mol. The Kier molecular flexibility index (Phi) is 4.97. The summed E-state index contributed by atoms with van der Waals surface area (Å²) < 4.78 is 5.32. The highest BCUT2D eigenvalue weighted by Crippen LogP contribution is 2.44. The number of fused-ring (bicyclic) bond motifs is 1. The number of amides is 2. The van der Waals surface area contributed by atoms with Crippen LogP contribution in [0.25, 0.3) is 11.3 Å². The average Bonchev–Trinajstić information content (AvgIpc) is 3.27. The summed E-state index contributed by atoms with van der Waals surface area (Å²) in [6.45, 7) is 3.88. The van der Waals surface area contributed by atoms with E-state index >= 15 is 0 Å². The number of nitrogens with one attached hydrogen (secondary N) is 1. The van der Waals surface area contributed by atoms with Gasteiger partial charge in [0.25, 0.3) is 11.8 Å². The van der Waals surface area contributed by atoms with Gasteiger partial charge in [-0.1, -0.05) is 30.3 Å². The number of nitrogens with two attached hydrogens (primary N) is 1. The van der Waals surface area contributed by atoms with Gasteiger partial charge in [-0.15, -0.1) is 6.58 Å². The lowest BCUT2D eigenvalue weighted by Crippen LogP contribution is -2.29. The molecule has 3 aromatic rings. The Labute approximate surface area is 172 Å². The summed E-state index contributed by atoms with van der Waals surface area (Å²) in [5.41, 5.74) is 8.07. The van der Waals surface area contributed by atoms with Gasteiger partial charge in [-0.25, -0.2) is 0 Å². The van der Waals surface area contributed by atoms with Crippen LogP contribution in [-0.4, -0.2) is 45.2 Å². The monoisotopic (exact) mass is 404 g/mol. The molecular formula is C22H20N4O4. The lowest BCUT2D eigenvalue weighted by molar-refractivity contribution is -0.119. The Bertz CT molecular complexity index is 1120. The topological polar surface area (TPSA) is 122 Å². The Morgan fingerprint density at radius 3 is 2.67 bits per heavy atom. The normalized spacial score (nSPS) is 15.1. The second kappa shape index (κ2) is 7.75. The third-order valence-corrected chi connectivity index (χ3v) is 4.93. The summed E-state index contributed by atoms with van der Waals surface area (Å²) in [5, 5.41) is 17.5. The number of ether oxygens (including phenoxy) is 1. The number of hydrogen-bond acceptors (Lipinski definition) is 5. The molecule has 0 saturated carbocycles. The molecule has 4 N–H and O–H groups in total. The molecule has 4 rings (SSSR count). The summed E-state index contributed by atoms with van der Waals surface area (Å²) >= 11 is 0. The highest BCUT2D eigenvalue weighted by atomic mass is 16.5. The van der Waals surface area contributed by atoms with E-state index in [0.29, 0.717) is 34.8 Å². The van der Waals surface area contributed by atoms with Crippen LogP contribution in [0.1, 0.15) is 27.7 Å². The predicted molar refractivity (Wildman–Crippen MR) is 110 cm³/mol. The van der Waals surface area contributed by atoms with Crippen LogP contribution < -0.4 is 10.5 Å². The van der Waals surface area contributed by atoms with Crippen molar-refractivity contribution in [1.82, 2.24) is 15.1 Å². The SMILES string of the molecule is C=CCN1C(=O)c2[nH]nc(-c3ccccc3O)c2C1c1ccc(OCC(N)=O)cc1. The molecule has 1 aliphatic rings. The first kappa shape index (κ1) is 19.3. The third kappa shape index (κ3) is 3.28. The fraction of sp³-hybridized carbons (Fsp3) is 0.136. The van der Waals surface area contributed by atoms with Crippen molar-refractivity contribution in [2.24, 2.45) is 5.73 Å². The van der Waals surface area contributed by atoms with E-state index in [1.54, 1.807) is 47.4 Å². The van der Waals surface area contributed by atoms with Gasteiger partial charge < -0.3 is 20.5 Å². The van der Waals surface area contributed by atoms with Crippen molar-refractivity contribution in [3.63, 3.8) is 0 Å². The molecule has 2 heterocycles. The van der Waals surface area contributed by atoms with Crippen LogP contribution in [0, 0.1) is 0 Å². The van der Waals surface area contributed by atoms with Crippen LogP contribution in [0.15, 0.2) is 61.2 Å². The molecule has 8 heteroatoms. The van der Waals surface area contributed by atoms with E-state index in [9.17, 15) is 14.7 Å². The lowest BCUT2D eigenvalue weighted by Gasteiger charge is -2.25. The molecule has 2 amide bonds. The number of phenols is 1. The Morgan fingerprint density at radius 1 is 1.27 bits per heavy atom. The maximum absolute atomic E-state index is 13.0. The number of primary amides is 1. The van der Waals surface area contributed by atoms with Crippen molar-refractivity contribution in [1.29, 1.82) is 0 Å². The molecule has 0 radical (unpaired) electrons. The van der Waals surface area contributed by atoms with Gasteiger partial charge in [0.1, 0.15) is 22.9 Å². The van der Waals surface area contributed by atoms with Gasteiger partial charge >= 0.3 is 0 Å². The molecule has 30 heavy (non-hydrogen) atoms. The number of aromatic nitrogens is 2. The van der Waals surface area contributed by atoms with E-state index in [-0.39, 0.29) is 18.3 Å². The van der Waals surface area contributed by atoms with Crippen LogP contribution >= 0.6 is 0 Å². The molecule has 0 aliphatic carbocycles. The number of rotatable bonds is 7. The van der Waals surface area contributed by atoms with Gasteiger partial charge in [0, 0.05) is 17.7 Å². The standard InChI is InChI=1S/C22H20N4O4/c1-2-11-26-21(13-7-9-14(10-8-13)30-12-17(23)28)18-19(24-25-20(18)22(26)29)15-5-3-4-6-16(15)27/h2-10,21,27H,1,11-12H2,(H2,23,28)(H,24,25). The van der Waals surface area contributed by atoms with E-state index < -0.39 is 11.9 Å². The summed E-state index contributed by atoms with van der Waals surface area (Å²) in [4.78, 5) is 25.6. The number of nitrogens with zero attached hydrogens (tertiary/aromatic N) is 2. The first-order valence-corrected chi connectivity index (χ1v) is 9.30. The van der Waals surface area contributed by atoms with Gasteiger partial charge in [-0.05, 0) is 29.8 Å². The van der Waals surface area contributed by atoms with Crippen molar-refractivity contribution in [2.45, 2.75) is 6.04 Å². The van der Waals surface area contributed by atoms with Crippen molar-refractivity contribution in [2.75, 3.05) is 13.2 Å². The maximum Gasteiger partial charge on any atom is 0.273 e. The van der Waals surface area contributed by atoms with E-state index in [4.69, 9.17) is 10.5 Å². The molecule has 1 aliphatic heterocycles. The maximum atomic E-state index is 13.0. The quantitative estimate of drug-likeness (QED) is 0.522. The van der Waals surface area contributed by atoms with E-state index in [1.165, 1.54) is 0 Å². The fourth-order valence-electron chi connectivity index (χ4n) is 3.65. The molecule has 2 aromatic carbocycles. The zero-order chi connectivity index (χ0) is 21.3. The second-order valence-electron chi connectivity index (χ2n) is 6.85. The van der Waals surface area contributed by atoms with Crippen LogP contribution in [0.3, 0.4) is 0 Å². The number of hydrogen-bond donors (Lipinski definition) is 3. The Morgan fingerprint density at radius 2 is 2.00 bits per heavy atom. The number of carbonyl (C=O) groups excluding carboxylic acids is 2. The van der Waals surface area contributed by atoms with Crippen molar-refractivity contribution >= 4 is 11.8 Å². The number of benzene rings is 2. The van der Waals surface area contributed by atoms with Crippen molar-refractivity contribution < 1.29 is 19.4 Å². The predicted octanol–water partition coefficient (Wildman–Crippen LogP) is 2.38. The number of para-hydroxylation sites is 1. The van der Waals surface area contributed by atoms with Crippen LogP contribution in [0.2, 0.25) is 0 Å². The summed E-state index contributed by atoms with van der Waals surface area (Å²) in [6, 6.07) is 13.5. The Hall–Kier alpha value is -4.07. The molecule has 0 fully saturated rings. The molecule has 1 unspecified atom stereocenters. The number of H-pyrrole nitrogens is 1. The minimum Gasteiger partial charge on any atom is -0.507 e. The zero-order valence-electron chi connectivity index (χ0n) is 16.0. The molecule has 0 bridgehead atoms. The van der Waals surface area contributed by atoms with Gasteiger partial charge in [0.2, 0.25) is 0 Å². The van der Waals surface area contributed by atoms with Gasteiger partial charge in [-0.3, -0.25) is 14.7 Å². The molecule has 0 spiro atoms. The minimum absolute atomic E-state index is 0.0790. The molecule has 8 nitrogen and oxygen atoms in total. The van der Waals surface area contributed by atoms with Crippen LogP contribution in [-0.2, 0) is 4.79 Å². The van der Waals surface area contributed by atoms with E-state index in [0.717, 1.165) is 5.56 Å². The fourth-order valence-corrected chi connectivity index (χ4v) is 3.65. The van der Waals surface area contributed by atoms with Gasteiger partial charge in [0.05, 0.1) is 6.04 Å². The molecule has 0 saturated heterocycles. The van der Waals surface area contributed by atoms with E-state index in [2.05, 4.69) is 16.8 Å². The summed E-state index contributed by atoms with van der Waals surface area (Å²) in [5.74, 6) is -0.188. The largest absolute Gasteiger partial charge is 0.507 e. The lowest BCUT2D eigenvalue weighted by atomic mass is 9.95. The molecule has 1 atom stereocenters. The van der Waals surface area contributed by atoms with E-state index in [1.807, 2.05) is 12.1 Å². The van der Waals surface area contributed by atoms with Crippen LogP contribution in [0.5, 0.6) is 11.5 Å². The average molecular weight is 404 g/mol. The third-order valence-electron chi connectivity index (χ3n) is 4.93. The first-order chi connectivity index (χ1) is 14.5. The van der Waals surface area contributed by atoms with Gasteiger partial charge in [0.15, 0.2) is 6.61 Å². The number of aromatic amines is 1. The van der Waals surface area contributed by atoms with Gasteiger partial charge in [-0.2, -0.15) is 5.10 Å². The smallest absolute Gasteiger partial charge is 0.273 e. The highest BCUT2D eigenvalue weighted by Gasteiger charge is 2.41. The second-order valence-corrected chi connectivity index (χ2v) is 6.85. The minimum atomic E-state index is -0.562. The van der Waals surface area contributed by atoms with Crippen LogP contribution in [0.4, 0.5) is 0 Å². The summed E-state index contributed by atoms with van der Waals surface area (Å²) in [6.07, 6.45) is 1.66. The van der Waals surface area contributed by atoms with Crippen molar-refractivity contribution in [3.8, 4) is 22.8 Å². The number of phenolic OH excluding ortho intramolecular Hbond substituents is 1. The Balaban J connectivity index is 1.78. The zero-order valence-corrected chi connectivity index (χ0v) is 16.0. The molecule has 1 aromatic heterocycles. The first-order valence-electron chi connectivity index (χ1n) is 9.30. The van der Waals surface area contributed by atoms with Crippen molar-refractivity contribution in [3.05, 3.63) is 78.0 Å². The number of carbonyl (C=O) groups is 2. The summed E-state index contributed by atoms with van der Waals surface area (Å²) in [7, 11) is 0.